The highest BCUT2D eigenvalue weighted by atomic mass is 16.5. The van der Waals surface area contributed by atoms with Crippen LogP contribution in [0.1, 0.15) is 39.2 Å². The molecule has 1 unspecified atom stereocenters. The summed E-state index contributed by atoms with van der Waals surface area (Å²) in [5.74, 6) is -0.841. The lowest BCUT2D eigenvalue weighted by Gasteiger charge is -2.33. The zero-order valence-electron chi connectivity index (χ0n) is 18.5. The second-order valence-electron chi connectivity index (χ2n) is 8.46. The molecule has 1 aromatic heterocycles. The third-order valence-corrected chi connectivity index (χ3v) is 6.71. The maximum Gasteiger partial charge on any atom is 0.291 e. The molecule has 0 radical (unpaired) electrons. The molecule has 2 amide bonds. The summed E-state index contributed by atoms with van der Waals surface area (Å²) in [4.78, 5) is 44.4. The zero-order valence-corrected chi connectivity index (χ0v) is 18.5. The molecule has 0 aliphatic carbocycles. The predicted molar refractivity (Wildman–Crippen MR) is 120 cm³/mol. The maximum absolute atomic E-state index is 13.9. The van der Waals surface area contributed by atoms with Crippen molar-refractivity contribution in [1.29, 1.82) is 0 Å². The number of carbonyl (C=O) groups is 2. The number of methoxy groups -OCH3 is 1. The summed E-state index contributed by atoms with van der Waals surface area (Å²) in [5.41, 5.74) is 1.77. The summed E-state index contributed by atoms with van der Waals surface area (Å²) < 4.78 is 11.2. The summed E-state index contributed by atoms with van der Waals surface area (Å²) in [6.45, 7) is 4.51. The van der Waals surface area contributed by atoms with Crippen LogP contribution >= 0.6 is 0 Å². The lowest BCUT2D eigenvalue weighted by molar-refractivity contribution is -0.125. The number of ether oxygens (including phenoxy) is 1. The zero-order chi connectivity index (χ0) is 22.8. The van der Waals surface area contributed by atoms with Crippen molar-refractivity contribution in [2.75, 3.05) is 32.2 Å². The third kappa shape index (κ3) is 2.42. The van der Waals surface area contributed by atoms with E-state index in [1.54, 1.807) is 26.3 Å². The van der Waals surface area contributed by atoms with Crippen molar-refractivity contribution in [1.82, 2.24) is 4.90 Å². The summed E-state index contributed by atoms with van der Waals surface area (Å²) in [6, 6.07) is 10.8. The number of para-hydroxylation sites is 1. The second kappa shape index (κ2) is 7.03. The van der Waals surface area contributed by atoms with E-state index < -0.39 is 11.4 Å². The minimum atomic E-state index is -1.54. The van der Waals surface area contributed by atoms with Crippen LogP contribution in [0.15, 0.2) is 45.6 Å². The Hall–Kier alpha value is -3.45. The molecule has 3 heterocycles. The van der Waals surface area contributed by atoms with Crippen LogP contribution in [0.4, 0.5) is 5.69 Å². The van der Waals surface area contributed by atoms with Gasteiger partial charge in [0.15, 0.2) is 11.0 Å². The molecule has 1 atom stereocenters. The quantitative estimate of drug-likeness (QED) is 0.592. The maximum atomic E-state index is 13.9. The Balaban J connectivity index is 1.88. The molecule has 0 bridgehead atoms. The monoisotopic (exact) mass is 432 g/mol. The minimum Gasteiger partial charge on any atom is -0.450 e. The Morgan fingerprint density at radius 1 is 1.06 bits per heavy atom. The number of amides is 2. The van der Waals surface area contributed by atoms with Crippen LogP contribution in [-0.2, 0) is 15.1 Å². The molecule has 2 aromatic carbocycles. The Morgan fingerprint density at radius 3 is 2.53 bits per heavy atom. The number of anilines is 1. The molecule has 3 aromatic rings. The molecule has 2 aliphatic rings. The third-order valence-electron chi connectivity index (χ3n) is 6.71. The summed E-state index contributed by atoms with van der Waals surface area (Å²) in [6.07, 6.45) is 0.517. The highest BCUT2D eigenvalue weighted by Crippen LogP contribution is 2.52. The number of rotatable bonds is 4. The summed E-state index contributed by atoms with van der Waals surface area (Å²) >= 11 is 0. The van der Waals surface area contributed by atoms with Gasteiger partial charge in [-0.05, 0) is 49.6 Å². The van der Waals surface area contributed by atoms with Crippen LogP contribution in [0, 0.1) is 13.8 Å². The van der Waals surface area contributed by atoms with E-state index in [2.05, 4.69) is 0 Å². The molecular weight excluding hydrogens is 408 g/mol. The van der Waals surface area contributed by atoms with Gasteiger partial charge in [-0.1, -0.05) is 18.2 Å². The largest absolute Gasteiger partial charge is 0.450 e. The van der Waals surface area contributed by atoms with E-state index in [4.69, 9.17) is 9.15 Å². The fourth-order valence-corrected chi connectivity index (χ4v) is 5.02. The van der Waals surface area contributed by atoms with Crippen molar-refractivity contribution in [2.24, 2.45) is 0 Å². The normalized spacial score (nSPS) is 19.4. The van der Waals surface area contributed by atoms with E-state index in [0.717, 1.165) is 11.1 Å². The second-order valence-corrected chi connectivity index (χ2v) is 8.46. The van der Waals surface area contributed by atoms with Gasteiger partial charge in [0.1, 0.15) is 5.58 Å². The molecule has 32 heavy (non-hydrogen) atoms. The molecule has 0 saturated heterocycles. The fourth-order valence-electron chi connectivity index (χ4n) is 5.02. The Morgan fingerprint density at radius 2 is 1.78 bits per heavy atom. The molecule has 7 nitrogen and oxygen atoms in total. The number of fused-ring (bicyclic) bond motifs is 5. The van der Waals surface area contributed by atoms with Gasteiger partial charge in [-0.25, -0.2) is 0 Å². The lowest BCUT2D eigenvalue weighted by atomic mass is 9.83. The van der Waals surface area contributed by atoms with Crippen molar-refractivity contribution in [3.8, 4) is 0 Å². The number of likely N-dealkylation sites (N-methyl/N-ethyl adjacent to an activating group) is 1. The molecule has 2 aliphatic heterocycles. The van der Waals surface area contributed by atoms with E-state index in [-0.39, 0.29) is 29.2 Å². The van der Waals surface area contributed by atoms with E-state index in [0.29, 0.717) is 35.2 Å². The average molecular weight is 432 g/mol. The first-order valence-corrected chi connectivity index (χ1v) is 10.6. The van der Waals surface area contributed by atoms with E-state index >= 15 is 0 Å². The molecule has 0 N–H and O–H groups in total. The van der Waals surface area contributed by atoms with Crippen LogP contribution in [0.2, 0.25) is 0 Å². The van der Waals surface area contributed by atoms with Gasteiger partial charge >= 0.3 is 0 Å². The SMILES string of the molecule is COCCCN1C(=O)c2oc3cc(C)c(C)cc3c(=O)c2C12C(=O)N(C)c1ccccc12. The van der Waals surface area contributed by atoms with Gasteiger partial charge in [0.05, 0.1) is 10.9 Å². The molecule has 7 heteroatoms. The van der Waals surface area contributed by atoms with Crippen molar-refractivity contribution in [2.45, 2.75) is 25.8 Å². The first kappa shape index (κ1) is 20.5. The molecular formula is C25H24N2O5. The molecule has 0 saturated carbocycles. The Bertz CT molecular complexity index is 1360. The van der Waals surface area contributed by atoms with Gasteiger partial charge in [0, 0.05) is 38.6 Å². The number of benzene rings is 2. The number of carbonyl (C=O) groups excluding carboxylic acids is 2. The van der Waals surface area contributed by atoms with Crippen LogP contribution < -0.4 is 10.3 Å². The molecule has 164 valence electrons. The van der Waals surface area contributed by atoms with Gasteiger partial charge in [-0.15, -0.1) is 0 Å². The van der Waals surface area contributed by atoms with Crippen LogP contribution in [0.3, 0.4) is 0 Å². The molecule has 0 fully saturated rings. The van der Waals surface area contributed by atoms with Crippen molar-refractivity contribution in [3.05, 3.63) is 74.6 Å². The molecule has 5 rings (SSSR count). The number of hydrogen-bond acceptors (Lipinski definition) is 5. The van der Waals surface area contributed by atoms with E-state index in [1.165, 1.54) is 9.80 Å². The number of nitrogens with zero attached hydrogens (tertiary/aromatic N) is 2. The highest BCUT2D eigenvalue weighted by molar-refractivity contribution is 6.16. The van der Waals surface area contributed by atoms with Gasteiger partial charge in [0.2, 0.25) is 5.76 Å². The van der Waals surface area contributed by atoms with Crippen LogP contribution in [0.25, 0.3) is 11.0 Å². The summed E-state index contributed by atoms with van der Waals surface area (Å²) in [5, 5.41) is 0.373. The van der Waals surface area contributed by atoms with Crippen molar-refractivity contribution in [3.63, 3.8) is 0 Å². The van der Waals surface area contributed by atoms with Crippen LogP contribution in [-0.4, -0.2) is 44.0 Å². The first-order chi connectivity index (χ1) is 15.3. The van der Waals surface area contributed by atoms with Gasteiger partial charge < -0.3 is 19.0 Å². The van der Waals surface area contributed by atoms with Gasteiger partial charge in [0.25, 0.3) is 11.8 Å². The van der Waals surface area contributed by atoms with Crippen molar-refractivity contribution >= 4 is 28.5 Å². The minimum absolute atomic E-state index is 0.0541. The smallest absolute Gasteiger partial charge is 0.291 e. The predicted octanol–water partition coefficient (Wildman–Crippen LogP) is 3.12. The van der Waals surface area contributed by atoms with E-state index in [1.807, 2.05) is 38.1 Å². The topological polar surface area (TPSA) is 80.1 Å². The van der Waals surface area contributed by atoms with Crippen molar-refractivity contribution < 1.29 is 18.7 Å². The van der Waals surface area contributed by atoms with Gasteiger partial charge in [-0.3, -0.25) is 14.4 Å². The lowest BCUT2D eigenvalue weighted by Crippen LogP contribution is -2.53. The van der Waals surface area contributed by atoms with E-state index in [9.17, 15) is 14.4 Å². The Labute approximate surface area is 185 Å². The number of aryl methyl sites for hydroxylation is 2. The van der Waals surface area contributed by atoms with Crippen LogP contribution in [0.5, 0.6) is 0 Å². The standard InChI is InChI=1S/C25H24N2O5/c1-14-12-16-19(13-15(14)2)32-22-20(21(16)28)25(27(23(22)29)10-7-11-31-4)17-8-5-6-9-18(17)26(3)24(25)30/h5-6,8-9,12-13H,7,10-11H2,1-4H3. The highest BCUT2D eigenvalue weighted by Gasteiger charge is 2.64. The molecule has 1 spiro atoms. The average Bonchev–Trinajstić information content (AvgIpc) is 3.15. The van der Waals surface area contributed by atoms with Gasteiger partial charge in [-0.2, -0.15) is 0 Å². The fraction of sp³-hybridized carbons (Fsp3) is 0.320. The summed E-state index contributed by atoms with van der Waals surface area (Å²) in [7, 11) is 3.25. The Kier molecular flexibility index (Phi) is 4.49. The first-order valence-electron chi connectivity index (χ1n) is 10.6. The number of hydrogen-bond donors (Lipinski definition) is 0.